The maximum atomic E-state index is 13.6. The molecule has 0 saturated heterocycles. The molecule has 4 rings (SSSR count). The van der Waals surface area contributed by atoms with E-state index in [9.17, 15) is 9.59 Å². The first-order valence-electron chi connectivity index (χ1n) is 11.1. The molecule has 5 nitrogen and oxygen atoms in total. The second-order valence-electron chi connectivity index (χ2n) is 8.74. The highest BCUT2D eigenvalue weighted by Crippen LogP contribution is 2.48. The van der Waals surface area contributed by atoms with Gasteiger partial charge in [-0.1, -0.05) is 48.5 Å². The molecule has 5 heteroatoms. The highest BCUT2D eigenvalue weighted by atomic mass is 16.5. The number of ketones is 1. The van der Waals surface area contributed by atoms with E-state index in [2.05, 4.69) is 12.1 Å². The Labute approximate surface area is 189 Å². The predicted molar refractivity (Wildman–Crippen MR) is 124 cm³/mol. The van der Waals surface area contributed by atoms with Crippen molar-refractivity contribution in [3.05, 3.63) is 77.0 Å². The van der Waals surface area contributed by atoms with E-state index < -0.39 is 11.8 Å². The number of hydrogen-bond donors (Lipinski definition) is 0. The first-order valence-corrected chi connectivity index (χ1v) is 11.1. The minimum Gasteiger partial charge on any atom is -0.496 e. The summed E-state index contributed by atoms with van der Waals surface area (Å²) in [4.78, 5) is 31.6. The van der Waals surface area contributed by atoms with E-state index in [1.807, 2.05) is 63.2 Å². The Morgan fingerprint density at radius 1 is 1.03 bits per heavy atom. The number of carbonyl (C=O) groups is 2. The molecule has 0 bridgehead atoms. The second-order valence-corrected chi connectivity index (χ2v) is 8.74. The van der Waals surface area contributed by atoms with Crippen LogP contribution in [0.4, 0.5) is 0 Å². The lowest BCUT2D eigenvalue weighted by molar-refractivity contribution is -0.150. The van der Waals surface area contributed by atoms with Gasteiger partial charge in [0.25, 0.3) is 0 Å². The van der Waals surface area contributed by atoms with Crippen molar-refractivity contribution < 1.29 is 19.1 Å². The zero-order chi connectivity index (χ0) is 22.8. The third kappa shape index (κ3) is 4.12. The summed E-state index contributed by atoms with van der Waals surface area (Å²) in [5, 5.41) is 0. The normalized spacial score (nSPS) is 23.0. The van der Waals surface area contributed by atoms with Gasteiger partial charge in [0.1, 0.15) is 11.7 Å². The molecule has 3 atom stereocenters. The highest BCUT2D eigenvalue weighted by molar-refractivity contribution is 6.09. The number of benzene rings is 2. The van der Waals surface area contributed by atoms with Gasteiger partial charge in [0.15, 0.2) is 5.78 Å². The number of rotatable bonds is 5. The summed E-state index contributed by atoms with van der Waals surface area (Å²) in [5.74, 6) is -0.731. The lowest BCUT2D eigenvalue weighted by atomic mass is 9.69. The van der Waals surface area contributed by atoms with Crippen LogP contribution in [0.15, 0.2) is 70.9 Å². The molecule has 0 fully saturated rings. The number of esters is 1. The van der Waals surface area contributed by atoms with Gasteiger partial charge in [-0.05, 0) is 44.7 Å². The van der Waals surface area contributed by atoms with Gasteiger partial charge in [0.05, 0.1) is 13.2 Å². The number of hydrogen-bond acceptors (Lipinski definition) is 5. The van der Waals surface area contributed by atoms with Crippen LogP contribution in [-0.4, -0.2) is 30.7 Å². The molecule has 32 heavy (non-hydrogen) atoms. The SMILES string of the molecule is COc1ccccc1[C@H]1C2=C(C[C@H](c3ccccc3)CC2=O)N=C(C)C1C(=O)OC(C)C. The van der Waals surface area contributed by atoms with E-state index in [-0.39, 0.29) is 23.8 Å². The molecule has 0 radical (unpaired) electrons. The Kier molecular flexibility index (Phi) is 6.26. The average Bonchev–Trinajstić information content (AvgIpc) is 2.78. The Balaban J connectivity index is 1.83. The number of ether oxygens (including phenoxy) is 2. The molecule has 0 amide bonds. The van der Waals surface area contributed by atoms with Crippen LogP contribution < -0.4 is 4.74 Å². The van der Waals surface area contributed by atoms with Crippen LogP contribution in [0.3, 0.4) is 0 Å². The summed E-state index contributed by atoms with van der Waals surface area (Å²) >= 11 is 0. The monoisotopic (exact) mass is 431 g/mol. The number of allylic oxidation sites excluding steroid dienone is 2. The fourth-order valence-corrected chi connectivity index (χ4v) is 4.89. The number of nitrogens with zero attached hydrogens (tertiary/aromatic N) is 1. The summed E-state index contributed by atoms with van der Waals surface area (Å²) in [7, 11) is 1.60. The number of aliphatic imine (C=N–C) groups is 1. The first-order chi connectivity index (χ1) is 15.4. The van der Waals surface area contributed by atoms with Gasteiger partial charge in [0, 0.05) is 34.9 Å². The molecule has 0 aromatic heterocycles. The van der Waals surface area contributed by atoms with Crippen LogP contribution in [-0.2, 0) is 14.3 Å². The summed E-state index contributed by atoms with van der Waals surface area (Å²) in [6.07, 6.45) is 0.809. The Morgan fingerprint density at radius 2 is 1.72 bits per heavy atom. The molecule has 1 aliphatic carbocycles. The third-order valence-corrected chi connectivity index (χ3v) is 6.24. The fraction of sp³-hybridized carbons (Fsp3) is 0.370. The van der Waals surface area contributed by atoms with Crippen molar-refractivity contribution in [2.75, 3.05) is 7.11 Å². The summed E-state index contributed by atoms with van der Waals surface area (Å²) in [6.45, 7) is 5.51. The van der Waals surface area contributed by atoms with Crippen LogP contribution in [0, 0.1) is 5.92 Å². The predicted octanol–water partition coefficient (Wildman–Crippen LogP) is 5.22. The van der Waals surface area contributed by atoms with Crippen molar-refractivity contribution in [3.8, 4) is 5.75 Å². The van der Waals surface area contributed by atoms with E-state index in [0.717, 1.165) is 16.8 Å². The van der Waals surface area contributed by atoms with E-state index in [4.69, 9.17) is 14.5 Å². The molecule has 1 heterocycles. The number of methoxy groups -OCH3 is 1. The highest BCUT2D eigenvalue weighted by Gasteiger charge is 2.45. The topological polar surface area (TPSA) is 65.0 Å². The van der Waals surface area contributed by atoms with E-state index in [1.54, 1.807) is 7.11 Å². The lowest BCUT2D eigenvalue weighted by Gasteiger charge is -2.37. The van der Waals surface area contributed by atoms with Gasteiger partial charge in [0.2, 0.25) is 0 Å². The van der Waals surface area contributed by atoms with Crippen molar-refractivity contribution in [2.45, 2.75) is 51.6 Å². The zero-order valence-corrected chi connectivity index (χ0v) is 19.0. The molecular weight excluding hydrogens is 402 g/mol. The summed E-state index contributed by atoms with van der Waals surface area (Å²) in [6, 6.07) is 17.7. The molecule has 1 aliphatic heterocycles. The van der Waals surface area contributed by atoms with Gasteiger partial charge in [-0.25, -0.2) is 0 Å². The molecule has 1 unspecified atom stereocenters. The van der Waals surface area contributed by atoms with Crippen LogP contribution in [0.1, 0.15) is 56.6 Å². The molecule has 166 valence electrons. The average molecular weight is 432 g/mol. The van der Waals surface area contributed by atoms with Gasteiger partial charge in [-0.3, -0.25) is 14.6 Å². The lowest BCUT2D eigenvalue weighted by Crippen LogP contribution is -2.39. The van der Waals surface area contributed by atoms with Crippen LogP contribution >= 0.6 is 0 Å². The molecular formula is C27H29NO4. The quantitative estimate of drug-likeness (QED) is 0.609. The Bertz CT molecular complexity index is 1080. The second kappa shape index (κ2) is 9.11. The largest absolute Gasteiger partial charge is 0.496 e. The van der Waals surface area contributed by atoms with Crippen molar-refractivity contribution >= 4 is 17.5 Å². The Hall–Kier alpha value is -3.21. The summed E-state index contributed by atoms with van der Waals surface area (Å²) < 4.78 is 11.2. The number of carbonyl (C=O) groups excluding carboxylic acids is 2. The third-order valence-electron chi connectivity index (χ3n) is 6.24. The van der Waals surface area contributed by atoms with E-state index >= 15 is 0 Å². The smallest absolute Gasteiger partial charge is 0.315 e. The van der Waals surface area contributed by atoms with Crippen molar-refractivity contribution in [1.29, 1.82) is 0 Å². The minimum absolute atomic E-state index is 0.0367. The van der Waals surface area contributed by atoms with Gasteiger partial charge in [-0.15, -0.1) is 0 Å². The summed E-state index contributed by atoms with van der Waals surface area (Å²) in [5.41, 5.74) is 4.02. The molecule has 0 spiro atoms. The maximum Gasteiger partial charge on any atom is 0.315 e. The minimum atomic E-state index is -0.662. The molecule has 2 aliphatic rings. The Morgan fingerprint density at radius 3 is 2.41 bits per heavy atom. The van der Waals surface area contributed by atoms with Crippen molar-refractivity contribution in [1.82, 2.24) is 0 Å². The molecule has 2 aromatic rings. The molecule has 0 saturated carbocycles. The first kappa shape index (κ1) is 22.0. The fourth-order valence-electron chi connectivity index (χ4n) is 4.89. The van der Waals surface area contributed by atoms with Gasteiger partial charge < -0.3 is 9.47 Å². The van der Waals surface area contributed by atoms with Crippen LogP contribution in [0.25, 0.3) is 0 Å². The zero-order valence-electron chi connectivity index (χ0n) is 19.0. The van der Waals surface area contributed by atoms with Gasteiger partial charge >= 0.3 is 5.97 Å². The van der Waals surface area contributed by atoms with Crippen LogP contribution in [0.5, 0.6) is 5.75 Å². The van der Waals surface area contributed by atoms with E-state index in [0.29, 0.717) is 29.9 Å². The van der Waals surface area contributed by atoms with Gasteiger partial charge in [-0.2, -0.15) is 0 Å². The molecule has 2 aromatic carbocycles. The number of Topliss-reactive ketones (excluding diaryl/α,β-unsaturated/α-hetero) is 1. The van der Waals surface area contributed by atoms with E-state index in [1.165, 1.54) is 0 Å². The molecule has 0 N–H and O–H groups in total. The van der Waals surface area contributed by atoms with Crippen molar-refractivity contribution in [3.63, 3.8) is 0 Å². The maximum absolute atomic E-state index is 13.6. The van der Waals surface area contributed by atoms with Crippen LogP contribution in [0.2, 0.25) is 0 Å². The number of para-hydroxylation sites is 1. The standard InChI is InChI=1S/C27H29NO4/c1-16(2)32-27(30)24-17(3)28-21-14-19(18-10-6-5-7-11-18)15-22(29)26(21)25(24)20-12-8-9-13-23(20)31-4/h5-13,16,19,24-25H,14-15H2,1-4H3/t19-,24?,25+/m0/s1. The van der Waals surface area contributed by atoms with Crippen molar-refractivity contribution in [2.24, 2.45) is 10.9 Å².